The van der Waals surface area contributed by atoms with Crippen LogP contribution in [0, 0.1) is 11.8 Å². The summed E-state index contributed by atoms with van der Waals surface area (Å²) in [5.74, 6) is -2.75. The minimum atomic E-state index is -1.08. The Labute approximate surface area is 233 Å². The normalized spacial score (nSPS) is 19.6. The molecule has 0 bridgehead atoms. The molecule has 1 amide bonds. The Morgan fingerprint density at radius 3 is 2.38 bits per heavy atom. The number of amides is 1. The number of nitrogens with one attached hydrogen (secondary N) is 1. The minimum absolute atomic E-state index is 0.150. The van der Waals surface area contributed by atoms with Crippen molar-refractivity contribution in [3.63, 3.8) is 0 Å². The number of aliphatic carboxylic acids is 1. The highest BCUT2D eigenvalue weighted by molar-refractivity contribution is 5.90. The molecule has 1 heterocycles. The monoisotopic (exact) mass is 548 g/mol. The number of carboxylic acids is 1. The highest BCUT2D eigenvalue weighted by Gasteiger charge is 2.45. The fourth-order valence-corrected chi connectivity index (χ4v) is 4.97. The number of carboxylic acid groups (broad SMARTS) is 1. The topological polar surface area (TPSA) is 124 Å². The van der Waals surface area contributed by atoms with Crippen LogP contribution in [0.4, 0.5) is 0 Å². The zero-order chi connectivity index (χ0) is 29.0. The number of benzene rings is 2. The Morgan fingerprint density at radius 2 is 1.75 bits per heavy atom. The first-order chi connectivity index (χ1) is 19.0. The van der Waals surface area contributed by atoms with Crippen LogP contribution in [-0.4, -0.2) is 52.8 Å². The van der Waals surface area contributed by atoms with E-state index in [9.17, 15) is 19.5 Å². The number of fused-ring (bicyclic) bond motifs is 1. The van der Waals surface area contributed by atoms with Crippen LogP contribution in [0.2, 0.25) is 0 Å². The van der Waals surface area contributed by atoms with Crippen molar-refractivity contribution in [1.29, 1.82) is 0 Å². The third-order valence-electron chi connectivity index (χ3n) is 6.93. The van der Waals surface area contributed by atoms with Gasteiger partial charge in [0.25, 0.3) is 0 Å². The Hall–Kier alpha value is -4.14. The summed E-state index contributed by atoms with van der Waals surface area (Å²) in [6.45, 7) is 7.01. The van der Waals surface area contributed by atoms with Gasteiger partial charge in [-0.2, -0.15) is 0 Å². The van der Waals surface area contributed by atoms with Gasteiger partial charge in [0.05, 0.1) is 30.2 Å². The first kappa shape index (κ1) is 28.9. The van der Waals surface area contributed by atoms with E-state index in [1.54, 1.807) is 34.8 Å². The number of pyridine rings is 1. The molecule has 0 saturated heterocycles. The summed E-state index contributed by atoms with van der Waals surface area (Å²) in [7, 11) is 1.58. The van der Waals surface area contributed by atoms with Gasteiger partial charge >= 0.3 is 11.9 Å². The van der Waals surface area contributed by atoms with Crippen molar-refractivity contribution >= 4 is 28.7 Å². The predicted molar refractivity (Wildman–Crippen MR) is 150 cm³/mol. The molecule has 9 nitrogen and oxygen atoms in total. The van der Waals surface area contributed by atoms with Crippen LogP contribution in [0.3, 0.4) is 0 Å². The van der Waals surface area contributed by atoms with Gasteiger partial charge in [-0.1, -0.05) is 37.3 Å². The number of nitrogens with zero attached hydrogens (tertiary/aromatic N) is 1. The molecule has 1 fully saturated rings. The van der Waals surface area contributed by atoms with E-state index in [1.165, 1.54) is 0 Å². The molecule has 212 valence electrons. The Kier molecular flexibility index (Phi) is 8.61. The lowest BCUT2D eigenvalue weighted by Crippen LogP contribution is -2.47. The lowest BCUT2D eigenvalue weighted by molar-refractivity contribution is -0.159. The van der Waals surface area contributed by atoms with E-state index in [2.05, 4.69) is 5.32 Å². The Balaban J connectivity index is 1.59. The third kappa shape index (κ3) is 6.70. The van der Waals surface area contributed by atoms with Crippen LogP contribution in [0.1, 0.15) is 47.0 Å². The quantitative estimate of drug-likeness (QED) is 0.358. The Bertz CT molecular complexity index is 1380. The highest BCUT2D eigenvalue weighted by Crippen LogP contribution is 2.38. The maximum Gasteiger partial charge on any atom is 0.329 e. The molecule has 1 aliphatic rings. The summed E-state index contributed by atoms with van der Waals surface area (Å²) in [4.78, 5) is 42.8. The summed E-state index contributed by atoms with van der Waals surface area (Å²) in [6, 6.07) is 16.1. The van der Waals surface area contributed by atoms with Crippen molar-refractivity contribution in [3.05, 3.63) is 54.6 Å². The van der Waals surface area contributed by atoms with Gasteiger partial charge in [-0.25, -0.2) is 9.78 Å². The summed E-state index contributed by atoms with van der Waals surface area (Å²) < 4.78 is 17.2. The second-order valence-electron chi connectivity index (χ2n) is 11.0. The van der Waals surface area contributed by atoms with E-state index in [1.807, 2.05) is 54.6 Å². The molecule has 9 heteroatoms. The second-order valence-corrected chi connectivity index (χ2v) is 11.0. The minimum Gasteiger partial charge on any atom is -0.497 e. The molecular weight excluding hydrogens is 512 g/mol. The summed E-state index contributed by atoms with van der Waals surface area (Å²) in [5, 5.41) is 13.4. The van der Waals surface area contributed by atoms with Crippen molar-refractivity contribution in [2.45, 2.75) is 64.7 Å². The number of ether oxygens (including phenoxy) is 3. The van der Waals surface area contributed by atoms with E-state index in [0.29, 0.717) is 29.1 Å². The molecule has 4 rings (SSSR count). The zero-order valence-electron chi connectivity index (χ0n) is 23.5. The maximum absolute atomic E-state index is 13.3. The van der Waals surface area contributed by atoms with Crippen molar-refractivity contribution in [2.24, 2.45) is 11.8 Å². The van der Waals surface area contributed by atoms with Crippen LogP contribution in [0.15, 0.2) is 54.6 Å². The summed E-state index contributed by atoms with van der Waals surface area (Å²) in [6.07, 6.45) is 0.125. The van der Waals surface area contributed by atoms with Gasteiger partial charge < -0.3 is 24.6 Å². The average molecular weight is 549 g/mol. The molecule has 0 unspecified atom stereocenters. The third-order valence-corrected chi connectivity index (χ3v) is 6.93. The maximum atomic E-state index is 13.3. The molecule has 0 spiro atoms. The van der Waals surface area contributed by atoms with Gasteiger partial charge in [-0.3, -0.25) is 9.59 Å². The lowest BCUT2D eigenvalue weighted by Gasteiger charge is -2.25. The average Bonchev–Trinajstić information content (AvgIpc) is 3.35. The molecule has 1 aliphatic carbocycles. The first-order valence-electron chi connectivity index (χ1n) is 13.5. The molecule has 0 aliphatic heterocycles. The van der Waals surface area contributed by atoms with Gasteiger partial charge in [-0.05, 0) is 52.2 Å². The van der Waals surface area contributed by atoms with E-state index in [4.69, 9.17) is 19.2 Å². The van der Waals surface area contributed by atoms with Crippen molar-refractivity contribution in [1.82, 2.24) is 10.3 Å². The van der Waals surface area contributed by atoms with Crippen LogP contribution >= 0.6 is 0 Å². The molecule has 3 aromatic rings. The Morgan fingerprint density at radius 1 is 1.05 bits per heavy atom. The highest BCUT2D eigenvalue weighted by atomic mass is 16.6. The van der Waals surface area contributed by atoms with Crippen LogP contribution in [0.5, 0.6) is 11.5 Å². The van der Waals surface area contributed by atoms with Gasteiger partial charge in [0.15, 0.2) is 0 Å². The van der Waals surface area contributed by atoms with Crippen molar-refractivity contribution < 1.29 is 33.7 Å². The summed E-state index contributed by atoms with van der Waals surface area (Å²) in [5.41, 5.74) is 1.56. The number of esters is 1. The zero-order valence-corrected chi connectivity index (χ0v) is 23.5. The molecule has 2 aromatic carbocycles. The van der Waals surface area contributed by atoms with Crippen LogP contribution < -0.4 is 14.8 Å². The fraction of sp³-hybridized carbons (Fsp3) is 0.419. The molecule has 0 radical (unpaired) electrons. The first-order valence-corrected chi connectivity index (χ1v) is 13.5. The summed E-state index contributed by atoms with van der Waals surface area (Å²) >= 11 is 0. The second kappa shape index (κ2) is 11.9. The van der Waals surface area contributed by atoms with Crippen molar-refractivity contribution in [3.8, 4) is 22.8 Å². The number of carbonyl (C=O) groups is 3. The molecule has 40 heavy (non-hydrogen) atoms. The predicted octanol–water partition coefficient (Wildman–Crippen LogP) is 5.01. The number of carbonyl (C=O) groups excluding carboxylic acids is 2. The van der Waals surface area contributed by atoms with Gasteiger partial charge in [-0.15, -0.1) is 0 Å². The number of methoxy groups -OCH3 is 1. The van der Waals surface area contributed by atoms with E-state index in [-0.39, 0.29) is 12.8 Å². The number of rotatable bonds is 9. The van der Waals surface area contributed by atoms with Gasteiger partial charge in [0.1, 0.15) is 29.2 Å². The van der Waals surface area contributed by atoms with Crippen molar-refractivity contribution in [2.75, 3.05) is 7.11 Å². The lowest BCUT2D eigenvalue weighted by atomic mass is 9.95. The van der Waals surface area contributed by atoms with E-state index in [0.717, 1.165) is 10.9 Å². The van der Waals surface area contributed by atoms with Gasteiger partial charge in [0, 0.05) is 23.1 Å². The standard InChI is InChI=1S/C31H36N2O7/c1-6-24(30(37)40-31(2,3)4)33-28(34)22-14-20(15-23(22)29(35)36)39-27-17-25(18-10-8-7-9-11-18)32-26-16-19(38-5)12-13-21(26)27/h7-13,16-17,20,22-24H,6,14-15H2,1-5H3,(H,33,34)(H,35,36)/t20-,22-,23-,24+/m1/s1. The molecular formula is C31H36N2O7. The fourth-order valence-electron chi connectivity index (χ4n) is 4.97. The van der Waals surface area contributed by atoms with Gasteiger partial charge in [0.2, 0.25) is 5.91 Å². The largest absolute Gasteiger partial charge is 0.497 e. The molecule has 4 atom stereocenters. The SMILES string of the molecule is CC[C@H](NC(=O)[C@@H]1C[C@@H](Oc2cc(-c3ccccc3)nc3cc(OC)ccc23)C[C@H]1C(=O)O)C(=O)OC(C)(C)C. The number of hydrogen-bond acceptors (Lipinski definition) is 7. The van der Waals surface area contributed by atoms with E-state index >= 15 is 0 Å². The van der Waals surface area contributed by atoms with Crippen LogP contribution in [-0.2, 0) is 19.1 Å². The molecule has 1 aromatic heterocycles. The molecule has 1 saturated carbocycles. The van der Waals surface area contributed by atoms with Crippen LogP contribution in [0.25, 0.3) is 22.2 Å². The number of hydrogen-bond donors (Lipinski definition) is 2. The van der Waals surface area contributed by atoms with E-state index < -0.39 is 47.4 Å². The smallest absolute Gasteiger partial charge is 0.329 e. The number of aromatic nitrogens is 1. The molecule has 2 N–H and O–H groups in total.